The van der Waals surface area contributed by atoms with E-state index in [0.29, 0.717) is 43.2 Å². The van der Waals surface area contributed by atoms with Crippen LogP contribution in [0.2, 0.25) is 0 Å². The second-order valence-electron chi connectivity index (χ2n) is 11.8. The van der Waals surface area contributed by atoms with Crippen LogP contribution in [-0.4, -0.2) is 109 Å². The van der Waals surface area contributed by atoms with Gasteiger partial charge >= 0.3 is 12.2 Å². The molecule has 0 spiro atoms. The van der Waals surface area contributed by atoms with E-state index in [1.54, 1.807) is 30.0 Å². The van der Waals surface area contributed by atoms with E-state index in [-0.39, 0.29) is 49.5 Å². The Morgan fingerprint density at radius 1 is 1.09 bits per heavy atom. The van der Waals surface area contributed by atoms with Gasteiger partial charge in [-0.05, 0) is 49.4 Å². The number of halogens is 3. The van der Waals surface area contributed by atoms with E-state index in [9.17, 15) is 32.7 Å². The molecule has 0 unspecified atom stereocenters. The average molecular weight is 650 g/mol. The maximum absolute atomic E-state index is 13.5. The first-order valence-corrected chi connectivity index (χ1v) is 15.3. The highest BCUT2D eigenvalue weighted by Gasteiger charge is 2.33. The summed E-state index contributed by atoms with van der Waals surface area (Å²) in [4.78, 5) is 44.3. The number of carbonyl (C=O) groups is 3. The van der Waals surface area contributed by atoms with Crippen molar-refractivity contribution in [2.75, 3.05) is 70.2 Å². The number of aliphatic hydroxyl groups is 1. The SMILES string of the molecule is C[C@H]1CN([C@@H](C)CO)C(=O)Cc2cc(NC(=O)CCN3CCOCC3)ccc2O[C@@H]1CN(C)C(=O)Nc1ccc(C(F)(F)F)cc1. The number of hydrogen-bond acceptors (Lipinski definition) is 7. The van der Waals surface area contributed by atoms with Crippen LogP contribution in [0.5, 0.6) is 5.75 Å². The molecule has 4 amide bonds. The molecule has 2 aliphatic heterocycles. The summed E-state index contributed by atoms with van der Waals surface area (Å²) in [6.07, 6.45) is -4.82. The summed E-state index contributed by atoms with van der Waals surface area (Å²) in [6, 6.07) is 8.22. The Labute approximate surface area is 266 Å². The largest absolute Gasteiger partial charge is 0.488 e. The number of amides is 4. The monoisotopic (exact) mass is 649 g/mol. The third kappa shape index (κ3) is 9.56. The van der Waals surface area contributed by atoms with Crippen molar-refractivity contribution in [2.24, 2.45) is 5.92 Å². The first-order chi connectivity index (χ1) is 21.8. The summed E-state index contributed by atoms with van der Waals surface area (Å²) < 4.78 is 50.6. The lowest BCUT2D eigenvalue weighted by atomic mass is 10.0. The van der Waals surface area contributed by atoms with Gasteiger partial charge in [0.2, 0.25) is 11.8 Å². The van der Waals surface area contributed by atoms with Gasteiger partial charge in [-0.3, -0.25) is 14.5 Å². The van der Waals surface area contributed by atoms with Gasteiger partial charge in [-0.2, -0.15) is 13.2 Å². The number of nitrogens with one attached hydrogen (secondary N) is 2. The molecule has 0 aromatic heterocycles. The standard InChI is InChI=1S/C32H42F3N5O6/c1-21-18-40(22(2)20-41)30(43)17-23-16-26(36-29(42)10-11-39-12-14-45-15-13-39)8-9-27(23)46-28(21)19-38(3)31(44)37-25-6-4-24(5-7-25)32(33,34)35/h4-9,16,21-22,28,41H,10-15,17-20H2,1-3H3,(H,36,42)(H,37,44)/t21-,22-,28+/m0/s1. The minimum atomic E-state index is -4.49. The fourth-order valence-electron chi connectivity index (χ4n) is 5.35. The third-order valence-electron chi connectivity index (χ3n) is 8.22. The molecule has 2 aromatic carbocycles. The highest BCUT2D eigenvalue weighted by molar-refractivity contribution is 5.91. The summed E-state index contributed by atoms with van der Waals surface area (Å²) in [5.41, 5.74) is 0.437. The number of rotatable bonds is 9. The fourth-order valence-corrected chi connectivity index (χ4v) is 5.35. The topological polar surface area (TPSA) is 124 Å². The first-order valence-electron chi connectivity index (χ1n) is 15.3. The van der Waals surface area contributed by atoms with Gasteiger partial charge in [-0.25, -0.2) is 4.79 Å². The molecular formula is C32H42F3N5O6. The maximum Gasteiger partial charge on any atom is 0.416 e. The minimum Gasteiger partial charge on any atom is -0.488 e. The van der Waals surface area contributed by atoms with Crippen molar-refractivity contribution in [1.82, 2.24) is 14.7 Å². The van der Waals surface area contributed by atoms with Crippen LogP contribution < -0.4 is 15.4 Å². The van der Waals surface area contributed by atoms with Gasteiger partial charge in [0.15, 0.2) is 0 Å². The summed E-state index contributed by atoms with van der Waals surface area (Å²) in [5, 5.41) is 15.4. The molecule has 2 aliphatic rings. The zero-order valence-electron chi connectivity index (χ0n) is 26.3. The number of alkyl halides is 3. The zero-order valence-corrected chi connectivity index (χ0v) is 26.3. The molecule has 46 heavy (non-hydrogen) atoms. The van der Waals surface area contributed by atoms with Gasteiger partial charge in [0.05, 0.1) is 44.4 Å². The molecule has 1 saturated heterocycles. The molecule has 3 N–H and O–H groups in total. The summed E-state index contributed by atoms with van der Waals surface area (Å²) in [5.74, 6) is -0.246. The molecule has 0 aliphatic carbocycles. The van der Waals surface area contributed by atoms with Crippen LogP contribution in [0.25, 0.3) is 0 Å². The predicted octanol–water partition coefficient (Wildman–Crippen LogP) is 3.68. The van der Waals surface area contributed by atoms with Crippen LogP contribution in [-0.2, 0) is 26.9 Å². The number of anilines is 2. The van der Waals surface area contributed by atoms with Crippen LogP contribution in [0.3, 0.4) is 0 Å². The Balaban J connectivity index is 1.49. The number of benzene rings is 2. The first kappa shape index (κ1) is 35.0. The van der Waals surface area contributed by atoms with Crippen molar-refractivity contribution in [3.63, 3.8) is 0 Å². The van der Waals surface area contributed by atoms with Gasteiger partial charge in [0.1, 0.15) is 11.9 Å². The van der Waals surface area contributed by atoms with E-state index in [2.05, 4.69) is 15.5 Å². The molecule has 2 aromatic rings. The zero-order chi connectivity index (χ0) is 33.4. The molecule has 2 heterocycles. The van der Waals surface area contributed by atoms with E-state index in [0.717, 1.165) is 25.2 Å². The third-order valence-corrected chi connectivity index (χ3v) is 8.22. The van der Waals surface area contributed by atoms with E-state index < -0.39 is 29.9 Å². The second-order valence-corrected chi connectivity index (χ2v) is 11.8. The number of carbonyl (C=O) groups excluding carboxylic acids is 3. The minimum absolute atomic E-state index is 0.0269. The van der Waals surface area contributed by atoms with Crippen LogP contribution in [0, 0.1) is 5.92 Å². The van der Waals surface area contributed by atoms with E-state index in [1.807, 2.05) is 6.92 Å². The molecule has 11 nitrogen and oxygen atoms in total. The van der Waals surface area contributed by atoms with E-state index >= 15 is 0 Å². The fraction of sp³-hybridized carbons (Fsp3) is 0.531. The molecular weight excluding hydrogens is 607 g/mol. The molecule has 0 bridgehead atoms. The average Bonchev–Trinajstić information content (AvgIpc) is 3.07. The summed E-state index contributed by atoms with van der Waals surface area (Å²) in [6.45, 7) is 7.16. The Bertz CT molecular complexity index is 1350. The number of urea groups is 1. The quantitative estimate of drug-likeness (QED) is 0.379. The Morgan fingerprint density at radius 3 is 2.41 bits per heavy atom. The van der Waals surface area contributed by atoms with Crippen LogP contribution in [0.1, 0.15) is 31.4 Å². The molecule has 252 valence electrons. The maximum atomic E-state index is 13.5. The summed E-state index contributed by atoms with van der Waals surface area (Å²) >= 11 is 0. The molecule has 3 atom stereocenters. The van der Waals surface area contributed by atoms with Crippen molar-refractivity contribution >= 4 is 29.2 Å². The lowest BCUT2D eigenvalue weighted by Crippen LogP contribution is -2.48. The summed E-state index contributed by atoms with van der Waals surface area (Å²) in [7, 11) is 1.54. The second kappa shape index (κ2) is 15.6. The Kier molecular flexibility index (Phi) is 11.9. The molecule has 4 rings (SSSR count). The highest BCUT2D eigenvalue weighted by atomic mass is 19.4. The molecule has 1 fully saturated rings. The number of nitrogens with zero attached hydrogens (tertiary/aromatic N) is 3. The van der Waals surface area contributed by atoms with Crippen LogP contribution in [0.4, 0.5) is 29.3 Å². The van der Waals surface area contributed by atoms with Crippen molar-refractivity contribution in [3.8, 4) is 5.75 Å². The Morgan fingerprint density at radius 2 is 1.76 bits per heavy atom. The molecule has 14 heteroatoms. The molecule has 0 radical (unpaired) electrons. The van der Waals surface area contributed by atoms with Crippen molar-refractivity contribution in [1.29, 1.82) is 0 Å². The number of morpholine rings is 1. The van der Waals surface area contributed by atoms with Gasteiger partial charge in [-0.15, -0.1) is 0 Å². The van der Waals surface area contributed by atoms with Gasteiger partial charge < -0.3 is 35.0 Å². The van der Waals surface area contributed by atoms with Crippen LogP contribution in [0.15, 0.2) is 42.5 Å². The lowest BCUT2D eigenvalue weighted by Gasteiger charge is -2.34. The number of likely N-dealkylation sites (N-methyl/N-ethyl adjacent to an activating group) is 1. The number of aliphatic hydroxyl groups excluding tert-OH is 1. The normalized spacial score (nSPS) is 20.0. The Hall–Kier alpha value is -3.88. The number of fused-ring (bicyclic) bond motifs is 1. The van der Waals surface area contributed by atoms with E-state index in [1.165, 1.54) is 24.1 Å². The number of hydrogen-bond donors (Lipinski definition) is 3. The van der Waals surface area contributed by atoms with Crippen molar-refractivity contribution in [3.05, 3.63) is 53.6 Å². The van der Waals surface area contributed by atoms with E-state index in [4.69, 9.17) is 9.47 Å². The predicted molar refractivity (Wildman–Crippen MR) is 166 cm³/mol. The highest BCUT2D eigenvalue weighted by Crippen LogP contribution is 2.31. The van der Waals surface area contributed by atoms with Gasteiger partial charge in [-0.1, -0.05) is 6.92 Å². The van der Waals surface area contributed by atoms with Crippen molar-refractivity contribution < 1.29 is 42.1 Å². The van der Waals surface area contributed by atoms with Gasteiger partial charge in [0, 0.05) is 62.5 Å². The smallest absolute Gasteiger partial charge is 0.416 e. The number of ether oxygens (including phenoxy) is 2. The molecule has 0 saturated carbocycles. The van der Waals surface area contributed by atoms with Crippen LogP contribution >= 0.6 is 0 Å². The van der Waals surface area contributed by atoms with Crippen molar-refractivity contribution in [2.45, 2.75) is 45.0 Å². The lowest BCUT2D eigenvalue weighted by molar-refractivity contribution is -0.137. The van der Waals surface area contributed by atoms with Gasteiger partial charge in [0.25, 0.3) is 0 Å².